The summed E-state index contributed by atoms with van der Waals surface area (Å²) in [5.74, 6) is 0.520. The second-order valence-corrected chi connectivity index (χ2v) is 8.10. The van der Waals surface area contributed by atoms with Gasteiger partial charge < -0.3 is 9.73 Å². The number of rotatable bonds is 6. The second kappa shape index (κ2) is 8.88. The van der Waals surface area contributed by atoms with Gasteiger partial charge in [0.1, 0.15) is 12.3 Å². The first-order chi connectivity index (χ1) is 16.1. The number of benzene rings is 1. The van der Waals surface area contributed by atoms with Crippen molar-refractivity contribution < 1.29 is 9.21 Å². The highest BCUT2D eigenvalue weighted by atomic mass is 35.5. The number of pyridine rings is 2. The summed E-state index contributed by atoms with van der Waals surface area (Å²) in [4.78, 5) is 22.4. The number of carbonyl (C=O) groups excluding carboxylic acids is 1. The lowest BCUT2D eigenvalue weighted by Crippen LogP contribution is -2.27. The Bertz CT molecular complexity index is 1410. The van der Waals surface area contributed by atoms with Crippen molar-refractivity contribution >= 4 is 28.5 Å². The summed E-state index contributed by atoms with van der Waals surface area (Å²) in [6.45, 7) is 2.32. The molecule has 1 unspecified atom stereocenters. The maximum atomic E-state index is 13.4. The third kappa shape index (κ3) is 4.36. The van der Waals surface area contributed by atoms with E-state index < -0.39 is 0 Å². The molecule has 5 aromatic rings. The molecule has 0 spiro atoms. The normalized spacial score (nSPS) is 12.1. The van der Waals surface area contributed by atoms with E-state index in [4.69, 9.17) is 21.0 Å². The Labute approximate surface area is 195 Å². The van der Waals surface area contributed by atoms with Crippen LogP contribution in [0.25, 0.3) is 22.3 Å². The van der Waals surface area contributed by atoms with E-state index in [1.54, 1.807) is 41.7 Å². The monoisotopic (exact) mass is 457 g/mol. The SMILES string of the molecule is CC(NC(=O)c1cc(-c2cccnc2)nc2c1cnn2Cc1ccco1)c1cccc(Cl)c1. The van der Waals surface area contributed by atoms with Crippen molar-refractivity contribution in [1.29, 1.82) is 0 Å². The fourth-order valence-corrected chi connectivity index (χ4v) is 3.90. The molecule has 164 valence electrons. The van der Waals surface area contributed by atoms with Crippen LogP contribution in [-0.4, -0.2) is 25.7 Å². The molecular weight excluding hydrogens is 438 g/mol. The number of aromatic nitrogens is 4. The highest BCUT2D eigenvalue weighted by molar-refractivity contribution is 6.30. The lowest BCUT2D eigenvalue weighted by atomic mass is 10.1. The molecule has 33 heavy (non-hydrogen) atoms. The van der Waals surface area contributed by atoms with Crippen LogP contribution in [0.1, 0.15) is 34.6 Å². The van der Waals surface area contributed by atoms with E-state index in [1.807, 2.05) is 49.4 Å². The summed E-state index contributed by atoms with van der Waals surface area (Å²) >= 11 is 6.12. The molecule has 0 aliphatic carbocycles. The fourth-order valence-electron chi connectivity index (χ4n) is 3.70. The smallest absolute Gasteiger partial charge is 0.252 e. The number of fused-ring (bicyclic) bond motifs is 1. The minimum absolute atomic E-state index is 0.224. The average molecular weight is 458 g/mol. The first-order valence-electron chi connectivity index (χ1n) is 10.4. The first kappa shape index (κ1) is 20.9. The molecular formula is C25H20ClN5O2. The molecule has 5 rings (SSSR count). The van der Waals surface area contributed by atoms with Gasteiger partial charge in [-0.2, -0.15) is 5.10 Å². The van der Waals surface area contributed by atoms with Crippen LogP contribution in [0.5, 0.6) is 0 Å². The van der Waals surface area contributed by atoms with Gasteiger partial charge in [-0.25, -0.2) is 9.67 Å². The van der Waals surface area contributed by atoms with Crippen LogP contribution in [0, 0.1) is 0 Å². The Balaban J connectivity index is 1.56. The van der Waals surface area contributed by atoms with Gasteiger partial charge in [0.05, 0.1) is 35.1 Å². The zero-order valence-electron chi connectivity index (χ0n) is 17.8. The Morgan fingerprint density at radius 1 is 1.15 bits per heavy atom. The third-order valence-corrected chi connectivity index (χ3v) is 5.63. The molecule has 7 nitrogen and oxygen atoms in total. The van der Waals surface area contributed by atoms with Crippen LogP contribution in [0.4, 0.5) is 0 Å². The molecule has 8 heteroatoms. The number of furan rings is 1. The standard InChI is InChI=1S/C25H20ClN5O2/c1-16(17-5-2-7-19(26)11-17)29-25(32)21-12-23(18-6-3-9-27-13-18)30-24-22(21)14-28-31(24)15-20-8-4-10-33-20/h2-14,16H,15H2,1H3,(H,29,32). The van der Waals surface area contributed by atoms with Gasteiger partial charge in [0.25, 0.3) is 5.91 Å². The quantitative estimate of drug-likeness (QED) is 0.375. The van der Waals surface area contributed by atoms with E-state index in [2.05, 4.69) is 15.4 Å². The van der Waals surface area contributed by atoms with Gasteiger partial charge in [-0.3, -0.25) is 9.78 Å². The minimum atomic E-state index is -0.237. The number of halogens is 1. The van der Waals surface area contributed by atoms with Crippen molar-refractivity contribution in [2.45, 2.75) is 19.5 Å². The molecule has 1 amide bonds. The van der Waals surface area contributed by atoms with Crippen LogP contribution in [0.15, 0.2) is 83.9 Å². The van der Waals surface area contributed by atoms with Crippen molar-refractivity contribution in [3.8, 4) is 11.3 Å². The number of hydrogen-bond donors (Lipinski definition) is 1. The molecule has 0 bridgehead atoms. The van der Waals surface area contributed by atoms with E-state index in [0.717, 1.165) is 16.9 Å². The van der Waals surface area contributed by atoms with Gasteiger partial charge in [-0.15, -0.1) is 0 Å². The maximum Gasteiger partial charge on any atom is 0.252 e. The van der Waals surface area contributed by atoms with Gasteiger partial charge in [0.2, 0.25) is 0 Å². The van der Waals surface area contributed by atoms with Crippen molar-refractivity contribution in [1.82, 2.24) is 25.1 Å². The zero-order chi connectivity index (χ0) is 22.8. The average Bonchev–Trinajstić information content (AvgIpc) is 3.49. The predicted molar refractivity (Wildman–Crippen MR) is 126 cm³/mol. The number of nitrogens with zero attached hydrogens (tertiary/aromatic N) is 4. The lowest BCUT2D eigenvalue weighted by molar-refractivity contribution is 0.0941. The van der Waals surface area contributed by atoms with Crippen LogP contribution in [-0.2, 0) is 6.54 Å². The first-order valence-corrected chi connectivity index (χ1v) is 10.8. The summed E-state index contributed by atoms with van der Waals surface area (Å²) in [6, 6.07) is 16.4. The van der Waals surface area contributed by atoms with E-state index >= 15 is 0 Å². The van der Waals surface area contributed by atoms with Crippen LogP contribution < -0.4 is 5.32 Å². The zero-order valence-corrected chi connectivity index (χ0v) is 18.5. The van der Waals surface area contributed by atoms with E-state index in [0.29, 0.717) is 33.9 Å². The molecule has 4 aromatic heterocycles. The lowest BCUT2D eigenvalue weighted by Gasteiger charge is -2.16. The Morgan fingerprint density at radius 3 is 2.82 bits per heavy atom. The van der Waals surface area contributed by atoms with Crippen molar-refractivity contribution in [3.05, 3.63) is 101 Å². The van der Waals surface area contributed by atoms with E-state index in [9.17, 15) is 4.79 Å². The molecule has 0 saturated heterocycles. The van der Waals surface area contributed by atoms with Crippen LogP contribution >= 0.6 is 11.6 Å². The number of hydrogen-bond acceptors (Lipinski definition) is 5. The number of carbonyl (C=O) groups is 1. The molecule has 0 aliphatic heterocycles. The minimum Gasteiger partial charge on any atom is -0.467 e. The van der Waals surface area contributed by atoms with Crippen molar-refractivity contribution in [2.24, 2.45) is 0 Å². The van der Waals surface area contributed by atoms with E-state index in [-0.39, 0.29) is 11.9 Å². The van der Waals surface area contributed by atoms with Gasteiger partial charge >= 0.3 is 0 Å². The highest BCUT2D eigenvalue weighted by Gasteiger charge is 2.20. The largest absolute Gasteiger partial charge is 0.467 e. The number of nitrogens with one attached hydrogen (secondary N) is 1. The summed E-state index contributed by atoms with van der Waals surface area (Å²) < 4.78 is 7.20. The van der Waals surface area contributed by atoms with Crippen LogP contribution in [0.3, 0.4) is 0 Å². The van der Waals surface area contributed by atoms with Gasteiger partial charge in [0, 0.05) is 23.0 Å². The van der Waals surface area contributed by atoms with Gasteiger partial charge in [-0.1, -0.05) is 23.7 Å². The topological polar surface area (TPSA) is 85.8 Å². The Morgan fingerprint density at radius 2 is 2.06 bits per heavy atom. The summed E-state index contributed by atoms with van der Waals surface area (Å²) in [7, 11) is 0. The summed E-state index contributed by atoms with van der Waals surface area (Å²) in [5.41, 5.74) is 3.44. The third-order valence-electron chi connectivity index (χ3n) is 5.39. The highest BCUT2D eigenvalue weighted by Crippen LogP contribution is 2.26. The number of amides is 1. The molecule has 1 aromatic carbocycles. The molecule has 1 N–H and O–H groups in total. The Hall–Kier alpha value is -3.97. The molecule has 0 radical (unpaired) electrons. The van der Waals surface area contributed by atoms with E-state index in [1.165, 1.54) is 0 Å². The summed E-state index contributed by atoms with van der Waals surface area (Å²) in [5, 5.41) is 8.83. The molecule has 1 atom stereocenters. The Kier molecular flexibility index (Phi) is 5.62. The van der Waals surface area contributed by atoms with Gasteiger partial charge in [0.15, 0.2) is 5.65 Å². The van der Waals surface area contributed by atoms with Gasteiger partial charge in [-0.05, 0) is 55.0 Å². The summed E-state index contributed by atoms with van der Waals surface area (Å²) in [6.07, 6.45) is 6.70. The van der Waals surface area contributed by atoms with Crippen molar-refractivity contribution in [2.75, 3.05) is 0 Å². The molecule has 0 fully saturated rings. The predicted octanol–water partition coefficient (Wildman–Crippen LogP) is 5.28. The maximum absolute atomic E-state index is 13.4. The fraction of sp³-hybridized carbons (Fsp3) is 0.120. The molecule has 4 heterocycles. The van der Waals surface area contributed by atoms with Crippen molar-refractivity contribution in [3.63, 3.8) is 0 Å². The molecule has 0 saturated carbocycles. The second-order valence-electron chi connectivity index (χ2n) is 7.67. The molecule has 0 aliphatic rings. The van der Waals surface area contributed by atoms with Crippen LogP contribution in [0.2, 0.25) is 5.02 Å².